The maximum Gasteiger partial charge on any atom is 0.315 e. The quantitative estimate of drug-likeness (QED) is 0.735. The largest absolute Gasteiger partial charge is 0.392 e. The third-order valence-corrected chi connectivity index (χ3v) is 4.06. The summed E-state index contributed by atoms with van der Waals surface area (Å²) in [5.41, 5.74) is 2.17. The van der Waals surface area contributed by atoms with Gasteiger partial charge in [-0.25, -0.2) is 4.79 Å². The molecule has 0 bridgehead atoms. The number of aliphatic hydroxyl groups is 1. The second-order valence-corrected chi connectivity index (χ2v) is 5.32. The van der Waals surface area contributed by atoms with Gasteiger partial charge in [0.2, 0.25) is 0 Å². The molecule has 2 rings (SSSR count). The second-order valence-electron chi connectivity index (χ2n) is 5.32. The van der Waals surface area contributed by atoms with Crippen molar-refractivity contribution in [3.63, 3.8) is 0 Å². The van der Waals surface area contributed by atoms with E-state index in [1.54, 1.807) is 0 Å². The molecule has 1 aromatic rings. The Bertz CT molecular complexity index is 442. The summed E-state index contributed by atoms with van der Waals surface area (Å²) < 4.78 is 0. The SMILES string of the molecule is CCC1(CNC(=O)NCc2ccccc2CO)CC1. The number of rotatable bonds is 6. The molecule has 2 amide bonds. The lowest BCUT2D eigenvalue weighted by atomic mass is 10.0. The molecule has 1 aliphatic carbocycles. The average Bonchev–Trinajstić information content (AvgIpc) is 3.24. The summed E-state index contributed by atoms with van der Waals surface area (Å²) in [5.74, 6) is 0. The van der Waals surface area contributed by atoms with Crippen molar-refractivity contribution < 1.29 is 9.90 Å². The molecule has 0 atom stereocenters. The fourth-order valence-corrected chi connectivity index (χ4v) is 2.22. The van der Waals surface area contributed by atoms with Crippen molar-refractivity contribution >= 4 is 6.03 Å². The van der Waals surface area contributed by atoms with E-state index in [1.165, 1.54) is 12.8 Å². The van der Waals surface area contributed by atoms with E-state index in [2.05, 4.69) is 17.6 Å². The Hall–Kier alpha value is -1.55. The second kappa shape index (κ2) is 6.06. The Morgan fingerprint density at radius 3 is 2.53 bits per heavy atom. The van der Waals surface area contributed by atoms with Gasteiger partial charge in [-0.2, -0.15) is 0 Å². The van der Waals surface area contributed by atoms with Crippen molar-refractivity contribution in [1.82, 2.24) is 10.6 Å². The van der Waals surface area contributed by atoms with Crippen LogP contribution >= 0.6 is 0 Å². The van der Waals surface area contributed by atoms with Crippen LogP contribution in [0.5, 0.6) is 0 Å². The number of urea groups is 1. The minimum absolute atomic E-state index is 0.00157. The van der Waals surface area contributed by atoms with Crippen molar-refractivity contribution in [2.75, 3.05) is 6.54 Å². The van der Waals surface area contributed by atoms with Gasteiger partial charge in [-0.05, 0) is 35.8 Å². The van der Waals surface area contributed by atoms with E-state index in [4.69, 9.17) is 0 Å². The van der Waals surface area contributed by atoms with Crippen molar-refractivity contribution in [3.05, 3.63) is 35.4 Å². The normalized spacial score (nSPS) is 15.9. The Kier molecular flexibility index (Phi) is 4.43. The molecule has 1 fully saturated rings. The van der Waals surface area contributed by atoms with Gasteiger partial charge < -0.3 is 15.7 Å². The zero-order chi connectivity index (χ0) is 13.7. The van der Waals surface area contributed by atoms with Gasteiger partial charge in [0.15, 0.2) is 0 Å². The number of amides is 2. The summed E-state index contributed by atoms with van der Waals surface area (Å²) in [4.78, 5) is 11.7. The molecule has 19 heavy (non-hydrogen) atoms. The van der Waals surface area contributed by atoms with Crippen molar-refractivity contribution in [1.29, 1.82) is 0 Å². The molecule has 1 saturated carbocycles. The molecule has 0 aliphatic heterocycles. The van der Waals surface area contributed by atoms with Crippen molar-refractivity contribution in [2.45, 2.75) is 39.3 Å². The van der Waals surface area contributed by atoms with Gasteiger partial charge in [-0.15, -0.1) is 0 Å². The van der Waals surface area contributed by atoms with Crippen LogP contribution in [0.2, 0.25) is 0 Å². The van der Waals surface area contributed by atoms with Gasteiger partial charge in [0.25, 0.3) is 0 Å². The van der Waals surface area contributed by atoms with E-state index in [1.807, 2.05) is 24.3 Å². The lowest BCUT2D eigenvalue weighted by Crippen LogP contribution is -2.38. The van der Waals surface area contributed by atoms with E-state index in [9.17, 15) is 9.90 Å². The highest BCUT2D eigenvalue weighted by Crippen LogP contribution is 2.47. The molecule has 4 heteroatoms. The summed E-state index contributed by atoms with van der Waals surface area (Å²) in [5, 5.41) is 15.0. The van der Waals surface area contributed by atoms with Crippen LogP contribution in [0.4, 0.5) is 4.79 Å². The predicted octanol–water partition coefficient (Wildman–Crippen LogP) is 2.17. The number of aliphatic hydroxyl groups excluding tert-OH is 1. The van der Waals surface area contributed by atoms with Crippen molar-refractivity contribution in [2.24, 2.45) is 5.41 Å². The van der Waals surface area contributed by atoms with Gasteiger partial charge >= 0.3 is 6.03 Å². The fourth-order valence-electron chi connectivity index (χ4n) is 2.22. The van der Waals surface area contributed by atoms with Gasteiger partial charge in [0.05, 0.1) is 6.61 Å². The van der Waals surface area contributed by atoms with Gasteiger partial charge in [0, 0.05) is 13.1 Å². The minimum atomic E-state index is -0.132. The Balaban J connectivity index is 1.77. The maximum atomic E-state index is 11.7. The van der Waals surface area contributed by atoms with E-state index >= 15 is 0 Å². The summed E-state index contributed by atoms with van der Waals surface area (Å²) in [6.45, 7) is 3.38. The summed E-state index contributed by atoms with van der Waals surface area (Å²) in [6.07, 6.45) is 3.56. The number of carbonyl (C=O) groups is 1. The smallest absolute Gasteiger partial charge is 0.315 e. The topological polar surface area (TPSA) is 61.4 Å². The van der Waals surface area contributed by atoms with E-state index in [-0.39, 0.29) is 12.6 Å². The summed E-state index contributed by atoms with van der Waals surface area (Å²) in [7, 11) is 0. The molecule has 1 aromatic carbocycles. The Labute approximate surface area is 114 Å². The first-order valence-electron chi connectivity index (χ1n) is 6.88. The lowest BCUT2D eigenvalue weighted by Gasteiger charge is -2.14. The third kappa shape index (κ3) is 3.70. The highest BCUT2D eigenvalue weighted by molar-refractivity contribution is 5.73. The molecular formula is C15H22N2O2. The fraction of sp³-hybridized carbons (Fsp3) is 0.533. The van der Waals surface area contributed by atoms with Crippen LogP contribution in [0.15, 0.2) is 24.3 Å². The molecule has 0 heterocycles. The zero-order valence-corrected chi connectivity index (χ0v) is 11.4. The molecule has 104 valence electrons. The van der Waals surface area contributed by atoms with E-state index in [0.717, 1.165) is 24.1 Å². The van der Waals surface area contributed by atoms with Gasteiger partial charge in [-0.3, -0.25) is 0 Å². The Morgan fingerprint density at radius 1 is 1.26 bits per heavy atom. The molecule has 0 aromatic heterocycles. The number of nitrogens with one attached hydrogen (secondary N) is 2. The predicted molar refractivity (Wildman–Crippen MR) is 74.6 cm³/mol. The van der Waals surface area contributed by atoms with Crippen molar-refractivity contribution in [3.8, 4) is 0 Å². The number of carbonyl (C=O) groups excluding carboxylic acids is 1. The van der Waals surface area contributed by atoms with Gasteiger partial charge in [-0.1, -0.05) is 31.2 Å². The van der Waals surface area contributed by atoms with Crippen LogP contribution in [0.1, 0.15) is 37.3 Å². The summed E-state index contributed by atoms with van der Waals surface area (Å²) >= 11 is 0. The zero-order valence-electron chi connectivity index (χ0n) is 11.4. The molecule has 3 N–H and O–H groups in total. The van der Waals surface area contributed by atoms with Crippen LogP contribution in [0.3, 0.4) is 0 Å². The molecule has 0 spiro atoms. The van der Waals surface area contributed by atoms with Crippen LogP contribution in [0, 0.1) is 5.41 Å². The maximum absolute atomic E-state index is 11.7. The van der Waals surface area contributed by atoms with Crippen LogP contribution in [0.25, 0.3) is 0 Å². The van der Waals surface area contributed by atoms with E-state index in [0.29, 0.717) is 12.0 Å². The Morgan fingerprint density at radius 2 is 1.95 bits per heavy atom. The van der Waals surface area contributed by atoms with Crippen LogP contribution in [-0.2, 0) is 13.2 Å². The molecule has 1 aliphatic rings. The highest BCUT2D eigenvalue weighted by atomic mass is 16.3. The summed E-state index contributed by atoms with van der Waals surface area (Å²) in [6, 6.07) is 7.44. The first kappa shape index (κ1) is 13.9. The first-order valence-corrected chi connectivity index (χ1v) is 6.88. The standard InChI is InChI=1S/C15H22N2O2/c1-2-15(7-8-15)11-17-14(19)16-9-12-5-3-4-6-13(12)10-18/h3-6,18H,2,7-11H2,1H3,(H2,16,17,19). The van der Waals surface area contributed by atoms with E-state index < -0.39 is 0 Å². The van der Waals surface area contributed by atoms with Crippen LogP contribution < -0.4 is 10.6 Å². The average molecular weight is 262 g/mol. The highest BCUT2D eigenvalue weighted by Gasteiger charge is 2.40. The number of benzene rings is 1. The minimum Gasteiger partial charge on any atom is -0.392 e. The first-order chi connectivity index (χ1) is 9.19. The number of hydrogen-bond donors (Lipinski definition) is 3. The molecule has 4 nitrogen and oxygen atoms in total. The third-order valence-electron chi connectivity index (χ3n) is 4.06. The molecule has 0 saturated heterocycles. The molecule has 0 unspecified atom stereocenters. The molecular weight excluding hydrogens is 240 g/mol. The van der Waals surface area contributed by atoms with Crippen LogP contribution in [-0.4, -0.2) is 17.7 Å². The monoisotopic (exact) mass is 262 g/mol. The number of hydrogen-bond acceptors (Lipinski definition) is 2. The molecule has 0 radical (unpaired) electrons. The van der Waals surface area contributed by atoms with Gasteiger partial charge in [0.1, 0.15) is 0 Å². The lowest BCUT2D eigenvalue weighted by molar-refractivity contribution is 0.237.